The zero-order valence-corrected chi connectivity index (χ0v) is 15.5. The van der Waals surface area contributed by atoms with Crippen molar-refractivity contribution in [3.8, 4) is 0 Å². The van der Waals surface area contributed by atoms with Gasteiger partial charge in [0.25, 0.3) is 5.91 Å². The van der Waals surface area contributed by atoms with Crippen molar-refractivity contribution in [2.45, 2.75) is 45.6 Å². The van der Waals surface area contributed by atoms with Crippen LogP contribution in [0.25, 0.3) is 0 Å². The lowest BCUT2D eigenvalue weighted by Gasteiger charge is -2.32. The molecular formula is C18H26N2O3S. The summed E-state index contributed by atoms with van der Waals surface area (Å²) in [5, 5.41) is 0. The van der Waals surface area contributed by atoms with Gasteiger partial charge in [-0.15, -0.1) is 0 Å². The lowest BCUT2D eigenvalue weighted by Crippen LogP contribution is -2.39. The number of carbonyl (C=O) groups excluding carboxylic acids is 1. The summed E-state index contributed by atoms with van der Waals surface area (Å²) in [5.74, 6) is 0.666. The highest BCUT2D eigenvalue weighted by Gasteiger charge is 2.33. The fourth-order valence-corrected chi connectivity index (χ4v) is 5.27. The number of rotatable bonds is 3. The molecule has 2 atom stereocenters. The molecule has 2 aliphatic heterocycles. The topological polar surface area (TPSA) is 57.7 Å². The molecule has 0 aromatic heterocycles. The maximum atomic E-state index is 12.8. The molecule has 1 fully saturated rings. The maximum absolute atomic E-state index is 12.8. The first-order chi connectivity index (χ1) is 11.3. The summed E-state index contributed by atoms with van der Waals surface area (Å²) in [6.07, 6.45) is 5.26. The van der Waals surface area contributed by atoms with Gasteiger partial charge in [0.2, 0.25) is 10.0 Å². The third-order valence-corrected chi connectivity index (χ3v) is 6.49. The minimum atomic E-state index is -3.29. The monoisotopic (exact) mass is 350 g/mol. The van der Waals surface area contributed by atoms with Crippen molar-refractivity contribution in [1.82, 2.24) is 4.90 Å². The number of piperidine rings is 1. The Bertz CT molecular complexity index is 745. The molecule has 0 aliphatic carbocycles. The van der Waals surface area contributed by atoms with Crippen molar-refractivity contribution < 1.29 is 13.2 Å². The van der Waals surface area contributed by atoms with E-state index in [0.717, 1.165) is 31.5 Å². The number of hydrogen-bond donors (Lipinski definition) is 0. The number of benzene rings is 1. The van der Waals surface area contributed by atoms with Crippen LogP contribution in [0.5, 0.6) is 0 Å². The van der Waals surface area contributed by atoms with E-state index >= 15 is 0 Å². The van der Waals surface area contributed by atoms with Gasteiger partial charge in [-0.2, -0.15) is 0 Å². The molecule has 132 valence electrons. The van der Waals surface area contributed by atoms with Crippen LogP contribution in [0.15, 0.2) is 18.2 Å². The van der Waals surface area contributed by atoms with Gasteiger partial charge < -0.3 is 4.90 Å². The standard InChI is InChI=1S/C18H26N2O3S/c1-4-14-6-5-9-19(12-14)18(21)15-7-8-17-16(11-15)10-13(2)20(17)24(3,22)23/h7-8,11,13-14H,4-6,9-10,12H2,1-3H3/t13-,14+/m1/s1. The highest BCUT2D eigenvalue weighted by Crippen LogP contribution is 2.35. The molecule has 2 heterocycles. The van der Waals surface area contributed by atoms with E-state index in [9.17, 15) is 13.2 Å². The van der Waals surface area contributed by atoms with Crippen LogP contribution in [0.4, 0.5) is 5.69 Å². The summed E-state index contributed by atoms with van der Waals surface area (Å²) < 4.78 is 25.4. The number of fused-ring (bicyclic) bond motifs is 1. The molecule has 5 nitrogen and oxygen atoms in total. The average molecular weight is 350 g/mol. The molecule has 1 aromatic carbocycles. The smallest absolute Gasteiger partial charge is 0.253 e. The summed E-state index contributed by atoms with van der Waals surface area (Å²) in [6, 6.07) is 5.34. The number of sulfonamides is 1. The molecule has 1 saturated heterocycles. The van der Waals surface area contributed by atoms with E-state index in [-0.39, 0.29) is 11.9 Å². The van der Waals surface area contributed by atoms with Gasteiger partial charge in [-0.1, -0.05) is 13.3 Å². The summed E-state index contributed by atoms with van der Waals surface area (Å²) in [6.45, 7) is 5.73. The lowest BCUT2D eigenvalue weighted by atomic mass is 9.95. The lowest BCUT2D eigenvalue weighted by molar-refractivity contribution is 0.0671. The third-order valence-electron chi connectivity index (χ3n) is 5.22. The van der Waals surface area contributed by atoms with Crippen molar-refractivity contribution in [1.29, 1.82) is 0 Å². The quantitative estimate of drug-likeness (QED) is 0.842. The highest BCUT2D eigenvalue weighted by atomic mass is 32.2. The van der Waals surface area contributed by atoms with Crippen LogP contribution in [0.3, 0.4) is 0 Å². The van der Waals surface area contributed by atoms with E-state index in [0.29, 0.717) is 23.6 Å². The normalized spacial score (nSPS) is 24.1. The molecule has 0 spiro atoms. The van der Waals surface area contributed by atoms with E-state index < -0.39 is 10.0 Å². The van der Waals surface area contributed by atoms with E-state index in [1.54, 1.807) is 12.1 Å². The van der Waals surface area contributed by atoms with Crippen LogP contribution in [0.2, 0.25) is 0 Å². The fourth-order valence-electron chi connectivity index (χ4n) is 4.01. The molecule has 1 amide bonds. The van der Waals surface area contributed by atoms with Gasteiger partial charge in [-0.3, -0.25) is 9.10 Å². The number of hydrogen-bond acceptors (Lipinski definition) is 3. The second-order valence-corrected chi connectivity index (χ2v) is 8.98. The van der Waals surface area contributed by atoms with Gasteiger partial charge in [0.05, 0.1) is 11.9 Å². The Kier molecular flexibility index (Phi) is 4.60. The molecule has 0 bridgehead atoms. The minimum Gasteiger partial charge on any atom is -0.338 e. The fraction of sp³-hybridized carbons (Fsp3) is 0.611. The van der Waals surface area contributed by atoms with Crippen LogP contribution >= 0.6 is 0 Å². The van der Waals surface area contributed by atoms with Crippen molar-refractivity contribution >= 4 is 21.6 Å². The van der Waals surface area contributed by atoms with Gasteiger partial charge in [0.15, 0.2) is 0 Å². The molecule has 6 heteroatoms. The first kappa shape index (κ1) is 17.3. The van der Waals surface area contributed by atoms with Crippen LogP contribution in [-0.4, -0.2) is 44.6 Å². The Labute approximate surface area is 144 Å². The van der Waals surface area contributed by atoms with Gasteiger partial charge in [-0.25, -0.2) is 8.42 Å². The van der Waals surface area contributed by atoms with E-state index in [4.69, 9.17) is 0 Å². The predicted octanol–water partition coefficient (Wildman–Crippen LogP) is 2.66. The largest absolute Gasteiger partial charge is 0.338 e. The number of amides is 1. The van der Waals surface area contributed by atoms with E-state index in [1.807, 2.05) is 17.9 Å². The van der Waals surface area contributed by atoms with E-state index in [1.165, 1.54) is 17.0 Å². The summed E-state index contributed by atoms with van der Waals surface area (Å²) in [5.41, 5.74) is 2.34. The summed E-state index contributed by atoms with van der Waals surface area (Å²) in [4.78, 5) is 14.8. The van der Waals surface area contributed by atoms with Crippen LogP contribution in [0, 0.1) is 5.92 Å². The van der Waals surface area contributed by atoms with Crippen LogP contribution in [-0.2, 0) is 16.4 Å². The second kappa shape index (κ2) is 6.39. The molecule has 0 N–H and O–H groups in total. The van der Waals surface area contributed by atoms with Crippen LogP contribution in [0.1, 0.15) is 49.0 Å². The molecule has 3 rings (SSSR count). The van der Waals surface area contributed by atoms with Gasteiger partial charge in [-0.05, 0) is 55.9 Å². The van der Waals surface area contributed by atoms with Crippen molar-refractivity contribution in [2.24, 2.45) is 5.92 Å². The molecule has 24 heavy (non-hydrogen) atoms. The number of carbonyl (C=O) groups is 1. The first-order valence-electron chi connectivity index (χ1n) is 8.73. The van der Waals surface area contributed by atoms with Crippen molar-refractivity contribution in [3.05, 3.63) is 29.3 Å². The Morgan fingerprint density at radius 1 is 1.33 bits per heavy atom. The molecule has 1 aromatic rings. The molecular weight excluding hydrogens is 324 g/mol. The number of anilines is 1. The highest BCUT2D eigenvalue weighted by molar-refractivity contribution is 7.92. The zero-order chi connectivity index (χ0) is 17.5. The Balaban J connectivity index is 1.85. The van der Waals surface area contributed by atoms with Gasteiger partial charge >= 0.3 is 0 Å². The Morgan fingerprint density at radius 2 is 2.08 bits per heavy atom. The van der Waals surface area contributed by atoms with Crippen molar-refractivity contribution in [2.75, 3.05) is 23.7 Å². The van der Waals surface area contributed by atoms with Gasteiger partial charge in [0.1, 0.15) is 0 Å². The zero-order valence-electron chi connectivity index (χ0n) is 14.7. The Morgan fingerprint density at radius 3 is 2.75 bits per heavy atom. The SMILES string of the molecule is CC[C@H]1CCCN(C(=O)c2ccc3c(c2)C[C@@H](C)N3S(C)(=O)=O)C1. The summed E-state index contributed by atoms with van der Waals surface area (Å²) >= 11 is 0. The molecule has 0 radical (unpaired) electrons. The number of likely N-dealkylation sites (tertiary alicyclic amines) is 1. The summed E-state index contributed by atoms with van der Waals surface area (Å²) in [7, 11) is -3.29. The Hall–Kier alpha value is -1.56. The molecule has 0 unspecified atom stereocenters. The first-order valence-corrected chi connectivity index (χ1v) is 10.6. The van der Waals surface area contributed by atoms with E-state index in [2.05, 4.69) is 6.92 Å². The average Bonchev–Trinajstić information content (AvgIpc) is 2.89. The number of nitrogens with zero attached hydrogens (tertiary/aromatic N) is 2. The van der Waals surface area contributed by atoms with Crippen LogP contribution < -0.4 is 4.31 Å². The second-order valence-electron chi connectivity index (χ2n) is 7.12. The van der Waals surface area contributed by atoms with Crippen molar-refractivity contribution in [3.63, 3.8) is 0 Å². The third kappa shape index (κ3) is 3.16. The molecule has 0 saturated carbocycles. The molecule has 2 aliphatic rings. The predicted molar refractivity (Wildman–Crippen MR) is 95.8 cm³/mol. The maximum Gasteiger partial charge on any atom is 0.253 e. The minimum absolute atomic E-state index is 0.0707. The van der Waals surface area contributed by atoms with Gasteiger partial charge in [0, 0.05) is 24.7 Å².